The molecule has 2 aromatic carbocycles. The van der Waals surface area contributed by atoms with Crippen molar-refractivity contribution in [2.24, 2.45) is 35.5 Å². The first kappa shape index (κ1) is 70.4. The van der Waals surface area contributed by atoms with Gasteiger partial charge in [0.2, 0.25) is 11.8 Å². The smallest absolute Gasteiger partial charge is 0.226 e. The van der Waals surface area contributed by atoms with E-state index in [2.05, 4.69) is 156 Å². The summed E-state index contributed by atoms with van der Waals surface area (Å²) in [5.74, 6) is 5.96. The van der Waals surface area contributed by atoms with E-state index < -0.39 is 11.6 Å². The van der Waals surface area contributed by atoms with Crippen LogP contribution in [0, 0.1) is 61.0 Å². The molecular weight excluding hydrogens is 1010 g/mol. The summed E-state index contributed by atoms with van der Waals surface area (Å²) in [7, 11) is 8.60. The number of halogens is 2. The fourth-order valence-electron chi connectivity index (χ4n) is 11.2. The number of nitrogens with one attached hydrogen (secondary N) is 2. The average Bonchev–Trinajstić information content (AvgIpc) is 4.12. The van der Waals surface area contributed by atoms with E-state index in [-0.39, 0.29) is 11.8 Å². The van der Waals surface area contributed by atoms with Crippen molar-refractivity contribution in [1.82, 2.24) is 10.3 Å². The Morgan fingerprint density at radius 3 is 1.96 bits per heavy atom. The molecule has 7 rings (SSSR count). The molecule has 1 saturated carbocycles. The number of ether oxygens (including phenoxy) is 1. The van der Waals surface area contributed by atoms with Crippen LogP contribution in [0.3, 0.4) is 0 Å². The maximum absolute atomic E-state index is 12.2. The molecule has 10 heteroatoms. The first-order chi connectivity index (χ1) is 38.4. The zero-order valence-corrected chi connectivity index (χ0v) is 54.0. The van der Waals surface area contributed by atoms with Crippen LogP contribution in [0.25, 0.3) is 11.1 Å². The number of aromatic nitrogens is 1. The van der Waals surface area contributed by atoms with Crippen molar-refractivity contribution < 1.29 is 27.6 Å². The number of piperidine rings is 1. The summed E-state index contributed by atoms with van der Waals surface area (Å²) in [6.45, 7) is 33.0. The highest BCUT2D eigenvalue weighted by Crippen LogP contribution is 2.39. The zero-order chi connectivity index (χ0) is 60.2. The standard InChI is InChI=1S/C49H79N4O.C7H6F2.C5H7NO2.C5H10.C5H12/c1-14-20-42(27-25-34(3)15-2)39(8)38(7)35(4)21-16-18-23-41-26-28-44-46(32-41)52(10)48(51-44)24-19-17-22-36(5)43-31-37(6)50-45(33-43)49-40(9)53(11,12)30-29-47(49)54-13;1-5-2-6(8)4-7(9)3-5;7-4-2-1-3-5(8)6-4;1-2-4-5-3-1;1-4-5(2)3/h24,26,28,31-35,38-40,42,51H,5,14-23,25,27,29-30H2,1-4,6-13H3;2-4H,1H3;1-3H2,(H,6,7,8);1-5H2;5H,4H2,1-3H3/q+1;;;;/b48-24-;;;;. The quantitative estimate of drug-likeness (QED) is 0.0593. The van der Waals surface area contributed by atoms with Gasteiger partial charge in [-0.1, -0.05) is 152 Å². The average molecular weight is 1120 g/mol. The van der Waals surface area contributed by atoms with Crippen molar-refractivity contribution in [1.29, 1.82) is 0 Å². The van der Waals surface area contributed by atoms with E-state index in [0.717, 1.165) is 102 Å². The van der Waals surface area contributed by atoms with Crippen LogP contribution < -0.4 is 15.5 Å². The van der Waals surface area contributed by atoms with E-state index in [4.69, 9.17) is 9.72 Å². The summed E-state index contributed by atoms with van der Waals surface area (Å²) < 4.78 is 31.2. The number of allylic oxidation sites excluding steroid dienone is 2. The van der Waals surface area contributed by atoms with Crippen molar-refractivity contribution >= 4 is 34.3 Å². The molecule has 3 aromatic rings. The first-order valence-electron chi connectivity index (χ1n) is 31.8. The van der Waals surface area contributed by atoms with Gasteiger partial charge in [0.25, 0.3) is 0 Å². The van der Waals surface area contributed by atoms with Crippen molar-refractivity contribution in [3.05, 3.63) is 112 Å². The maximum Gasteiger partial charge on any atom is 0.226 e. The van der Waals surface area contributed by atoms with E-state index in [1.807, 2.05) is 0 Å². The Balaban J connectivity index is 0.000000511. The number of hydrogen-bond donors (Lipinski definition) is 2. The Hall–Kier alpha value is -4.83. The van der Waals surface area contributed by atoms with Gasteiger partial charge >= 0.3 is 0 Å². The molecule has 3 aliphatic heterocycles. The third-order valence-corrected chi connectivity index (χ3v) is 18.0. The topological polar surface area (TPSA) is 83.6 Å². The molecule has 6 atom stereocenters. The summed E-state index contributed by atoms with van der Waals surface area (Å²) in [5.41, 5.74) is 10.2. The fraction of sp³-hybridized carbons (Fsp3) is 0.648. The largest absolute Gasteiger partial charge is 0.500 e. The van der Waals surface area contributed by atoms with Gasteiger partial charge in [0.05, 0.1) is 56.8 Å². The molecule has 2 amide bonds. The number of carbonyl (C=O) groups is 2. The predicted octanol–water partition coefficient (Wildman–Crippen LogP) is 19.2. The van der Waals surface area contributed by atoms with Gasteiger partial charge in [0, 0.05) is 31.6 Å². The monoisotopic (exact) mass is 1120 g/mol. The minimum absolute atomic E-state index is 0.138. The summed E-state index contributed by atoms with van der Waals surface area (Å²) in [4.78, 5) is 28.0. The van der Waals surface area contributed by atoms with Crippen LogP contribution in [0.15, 0.2) is 72.8 Å². The minimum atomic E-state index is -0.521. The number of hydrogen-bond acceptors (Lipinski definition) is 6. The normalized spacial score (nSPS) is 18.7. The molecule has 1 aliphatic carbocycles. The van der Waals surface area contributed by atoms with Gasteiger partial charge in [-0.05, 0) is 166 Å². The number of carbonyl (C=O) groups excluding carboxylic acids is 2. The third kappa shape index (κ3) is 24.9. The lowest BCUT2D eigenvalue weighted by Gasteiger charge is -2.41. The molecular formula is C71H114F2N5O3+. The van der Waals surface area contributed by atoms with Gasteiger partial charge < -0.3 is 19.4 Å². The van der Waals surface area contributed by atoms with E-state index >= 15 is 0 Å². The van der Waals surface area contributed by atoms with Crippen LogP contribution in [0.5, 0.6) is 0 Å². The highest BCUT2D eigenvalue weighted by molar-refractivity contribution is 5.97. The molecule has 2 fully saturated rings. The first-order valence-corrected chi connectivity index (χ1v) is 31.8. The Kier molecular flexibility index (Phi) is 31.9. The molecule has 2 N–H and O–H groups in total. The van der Waals surface area contributed by atoms with Gasteiger partial charge in [0.15, 0.2) is 0 Å². The number of amides is 2. The fourth-order valence-corrected chi connectivity index (χ4v) is 11.2. The second kappa shape index (κ2) is 36.7. The second-order valence-corrected chi connectivity index (χ2v) is 25.4. The third-order valence-electron chi connectivity index (χ3n) is 18.0. The number of likely N-dealkylation sites (N-methyl/N-ethyl adjacent to an activating group) is 1. The van der Waals surface area contributed by atoms with E-state index in [0.29, 0.717) is 30.9 Å². The molecule has 1 aromatic heterocycles. The zero-order valence-electron chi connectivity index (χ0n) is 54.0. The molecule has 4 heterocycles. The number of methoxy groups -OCH3 is 1. The minimum Gasteiger partial charge on any atom is -0.500 e. The molecule has 0 spiro atoms. The molecule has 1 saturated heterocycles. The van der Waals surface area contributed by atoms with Crippen LogP contribution in [0.4, 0.5) is 20.2 Å². The van der Waals surface area contributed by atoms with Gasteiger partial charge in [-0.2, -0.15) is 0 Å². The van der Waals surface area contributed by atoms with Gasteiger partial charge in [-0.15, -0.1) is 0 Å². The van der Waals surface area contributed by atoms with Gasteiger partial charge in [-0.25, -0.2) is 8.78 Å². The van der Waals surface area contributed by atoms with Crippen molar-refractivity contribution in [3.8, 4) is 0 Å². The van der Waals surface area contributed by atoms with Gasteiger partial charge in [-0.3, -0.25) is 19.9 Å². The maximum atomic E-state index is 12.2. The number of fused-ring (bicyclic) bond motifs is 1. The lowest BCUT2D eigenvalue weighted by molar-refractivity contribution is -0.906. The number of imide groups is 1. The lowest BCUT2D eigenvalue weighted by atomic mass is 9.72. The summed E-state index contributed by atoms with van der Waals surface area (Å²) in [6.07, 6.45) is 28.7. The van der Waals surface area contributed by atoms with Crippen molar-refractivity contribution in [3.63, 3.8) is 0 Å². The summed E-state index contributed by atoms with van der Waals surface area (Å²) in [6, 6.07) is 15.2. The second-order valence-electron chi connectivity index (χ2n) is 25.4. The number of benzene rings is 2. The molecule has 8 nitrogen and oxygen atoms in total. The summed E-state index contributed by atoms with van der Waals surface area (Å²) in [5, 5.41) is 5.88. The summed E-state index contributed by atoms with van der Waals surface area (Å²) >= 11 is 0. The Morgan fingerprint density at radius 2 is 1.42 bits per heavy atom. The van der Waals surface area contributed by atoms with Crippen molar-refractivity contribution in [2.75, 3.05) is 45.0 Å². The van der Waals surface area contributed by atoms with E-state index in [1.165, 1.54) is 141 Å². The van der Waals surface area contributed by atoms with Crippen LogP contribution in [-0.4, -0.2) is 62.1 Å². The number of quaternary nitrogens is 1. The number of unbranched alkanes of at least 4 members (excludes halogenated alkanes) is 2. The SMILES string of the molecule is C1CCCC1.C=C(CCC/C=C1/Nc2ccc(CCCCC(C)C(C)C(C)C(CCC)CCC(C)CC)cc2N1C)c1cc(C)nc(C2=C(OC)CC[N+](C)(C)C2C)c1.CCC(C)C.Cc1cc(F)cc(F)c1.O=C1CCCC(=O)N1. The molecule has 6 unspecified atom stereocenters. The Morgan fingerprint density at radius 1 is 0.790 bits per heavy atom. The number of nitrogens with zero attached hydrogens (tertiary/aromatic N) is 3. The molecule has 0 radical (unpaired) electrons. The molecule has 0 bridgehead atoms. The molecule has 81 heavy (non-hydrogen) atoms. The van der Waals surface area contributed by atoms with Crippen LogP contribution in [-0.2, 0) is 20.7 Å². The van der Waals surface area contributed by atoms with Crippen LogP contribution >= 0.6 is 0 Å². The van der Waals surface area contributed by atoms with Crippen LogP contribution in [0.1, 0.15) is 232 Å². The lowest BCUT2D eigenvalue weighted by Crippen LogP contribution is -2.51. The highest BCUT2D eigenvalue weighted by Gasteiger charge is 2.37. The van der Waals surface area contributed by atoms with Crippen LogP contribution in [0.2, 0.25) is 0 Å². The molecule has 4 aliphatic rings. The molecule has 454 valence electrons. The number of anilines is 2. The Labute approximate surface area is 493 Å². The predicted molar refractivity (Wildman–Crippen MR) is 342 cm³/mol. The Bertz CT molecular complexity index is 2370. The van der Waals surface area contributed by atoms with E-state index in [1.54, 1.807) is 14.0 Å². The van der Waals surface area contributed by atoms with E-state index in [9.17, 15) is 18.4 Å². The number of aryl methyl sites for hydroxylation is 3. The number of pyridine rings is 1. The van der Waals surface area contributed by atoms with Crippen molar-refractivity contribution in [2.45, 2.75) is 230 Å². The highest BCUT2D eigenvalue weighted by atomic mass is 19.1. The number of rotatable bonds is 22. The van der Waals surface area contributed by atoms with Gasteiger partial charge in [0.1, 0.15) is 29.3 Å².